The van der Waals surface area contributed by atoms with Crippen molar-refractivity contribution >= 4 is 20.8 Å². The molecule has 0 amide bonds. The SMILES string of the molecule is NCC(O)C[n+]1cc(CC(O)(P(=O)([O-])O)P(=O)(O)O)n2ccccc21. The van der Waals surface area contributed by atoms with Gasteiger partial charge in [-0.25, -0.2) is 4.57 Å². The number of pyridine rings is 1. The lowest BCUT2D eigenvalue weighted by Crippen LogP contribution is -2.42. The normalized spacial score (nSPS) is 18.7. The first-order valence-corrected chi connectivity index (χ1v) is 10.3. The zero-order valence-electron chi connectivity index (χ0n) is 12.9. The van der Waals surface area contributed by atoms with E-state index in [1.807, 2.05) is 0 Å². The molecule has 2 rings (SSSR count). The van der Waals surface area contributed by atoms with Gasteiger partial charge in [-0.15, -0.1) is 0 Å². The Labute approximate surface area is 142 Å². The molecule has 0 aliphatic heterocycles. The highest BCUT2D eigenvalue weighted by molar-refractivity contribution is 7.71. The summed E-state index contributed by atoms with van der Waals surface area (Å²) in [6.45, 7) is -0.00214. The fraction of sp³-hybridized carbons (Fsp3) is 0.417. The highest BCUT2D eigenvalue weighted by Crippen LogP contribution is 2.66. The van der Waals surface area contributed by atoms with Crippen LogP contribution >= 0.6 is 15.2 Å². The minimum Gasteiger partial charge on any atom is -0.776 e. The van der Waals surface area contributed by atoms with Crippen LogP contribution in [0.25, 0.3) is 5.65 Å². The number of rotatable bonds is 7. The van der Waals surface area contributed by atoms with E-state index < -0.39 is 32.8 Å². The predicted molar refractivity (Wildman–Crippen MR) is 83.2 cm³/mol. The molecule has 2 aromatic rings. The molecule has 3 unspecified atom stereocenters. The van der Waals surface area contributed by atoms with E-state index in [4.69, 9.17) is 5.73 Å². The van der Waals surface area contributed by atoms with E-state index in [2.05, 4.69) is 0 Å². The second-order valence-corrected chi connectivity index (χ2v) is 9.57. The highest BCUT2D eigenvalue weighted by Gasteiger charge is 2.55. The lowest BCUT2D eigenvalue weighted by Gasteiger charge is -2.35. The average Bonchev–Trinajstić information content (AvgIpc) is 2.83. The third-order valence-electron chi connectivity index (χ3n) is 3.76. The molecule has 3 atom stereocenters. The van der Waals surface area contributed by atoms with Gasteiger partial charge in [0.1, 0.15) is 18.8 Å². The van der Waals surface area contributed by atoms with Gasteiger partial charge in [0.25, 0.3) is 5.65 Å². The van der Waals surface area contributed by atoms with Crippen LogP contribution in [0.2, 0.25) is 0 Å². The van der Waals surface area contributed by atoms with E-state index in [-0.39, 0.29) is 18.8 Å². The van der Waals surface area contributed by atoms with Crippen LogP contribution in [0.5, 0.6) is 0 Å². The van der Waals surface area contributed by atoms with Crippen LogP contribution < -0.4 is 15.2 Å². The summed E-state index contributed by atoms with van der Waals surface area (Å²) in [6.07, 6.45) is 0.812. The summed E-state index contributed by atoms with van der Waals surface area (Å²) in [5.74, 6) is 0. The number of fused-ring (bicyclic) bond motifs is 1. The molecular formula is C12H19N3O8P2. The lowest BCUT2D eigenvalue weighted by atomic mass is 10.3. The molecular weight excluding hydrogens is 376 g/mol. The van der Waals surface area contributed by atoms with Crippen molar-refractivity contribution in [2.45, 2.75) is 24.2 Å². The van der Waals surface area contributed by atoms with Crippen molar-refractivity contribution in [3.05, 3.63) is 36.3 Å². The molecule has 13 heteroatoms. The maximum Gasteiger partial charge on any atom is 0.366 e. The zero-order valence-corrected chi connectivity index (χ0v) is 14.7. The Morgan fingerprint density at radius 1 is 1.32 bits per heavy atom. The Morgan fingerprint density at radius 2 is 1.96 bits per heavy atom. The summed E-state index contributed by atoms with van der Waals surface area (Å²) in [7, 11) is -11.5. The molecule has 0 radical (unpaired) electrons. The number of aromatic nitrogens is 2. The minimum atomic E-state index is -5.83. The molecule has 0 saturated heterocycles. The Kier molecular flexibility index (Phi) is 5.56. The van der Waals surface area contributed by atoms with Gasteiger partial charge < -0.3 is 40.1 Å². The topological polar surface area (TPSA) is 193 Å². The number of nitrogens with two attached hydrogens (primary N) is 1. The quantitative estimate of drug-likeness (QED) is 0.216. The molecule has 11 nitrogen and oxygen atoms in total. The van der Waals surface area contributed by atoms with Gasteiger partial charge in [0.15, 0.2) is 13.3 Å². The summed E-state index contributed by atoms with van der Waals surface area (Å²) in [6, 6.07) is 4.84. The number of imidazole rings is 1. The summed E-state index contributed by atoms with van der Waals surface area (Å²) >= 11 is 0. The molecule has 7 N–H and O–H groups in total. The second kappa shape index (κ2) is 6.88. The molecule has 0 spiro atoms. The standard InChI is InChI=1S/C12H19N3O8P2/c13-6-10(16)8-14-7-9(15-4-2-1-3-11(14)15)5-12(17,24(18,19)20)25(21,22)23/h1-4,7,10,16-17H,5-6,8,13H2,(H3-,18,19,20,21,22,23). The van der Waals surface area contributed by atoms with Gasteiger partial charge >= 0.3 is 7.60 Å². The van der Waals surface area contributed by atoms with Crippen molar-refractivity contribution in [3.63, 3.8) is 0 Å². The van der Waals surface area contributed by atoms with E-state index in [1.165, 1.54) is 21.4 Å². The smallest absolute Gasteiger partial charge is 0.366 e. The largest absolute Gasteiger partial charge is 0.776 e. The number of hydrogen-bond acceptors (Lipinski definition) is 6. The third-order valence-corrected chi connectivity index (χ3v) is 7.46. The predicted octanol–water partition coefficient (Wildman–Crippen LogP) is -2.54. The molecule has 0 saturated carbocycles. The minimum absolute atomic E-state index is 0.00392. The molecule has 0 bridgehead atoms. The monoisotopic (exact) mass is 395 g/mol. The van der Waals surface area contributed by atoms with Crippen LogP contribution in [-0.4, -0.2) is 47.0 Å². The van der Waals surface area contributed by atoms with E-state index in [9.17, 15) is 38.9 Å². The summed E-state index contributed by atoms with van der Waals surface area (Å²) in [5, 5.41) is 16.1. The number of nitrogens with zero attached hydrogens (tertiary/aromatic N) is 2. The Hall–Kier alpha value is -1.13. The molecule has 0 aliphatic carbocycles. The molecule has 0 fully saturated rings. The van der Waals surface area contributed by atoms with E-state index in [1.54, 1.807) is 18.2 Å². The molecule has 25 heavy (non-hydrogen) atoms. The van der Waals surface area contributed by atoms with Crippen LogP contribution in [-0.2, 0) is 22.1 Å². The number of hydrogen-bond donors (Lipinski definition) is 6. The van der Waals surface area contributed by atoms with Crippen molar-refractivity contribution in [1.82, 2.24) is 4.40 Å². The fourth-order valence-corrected chi connectivity index (χ4v) is 4.46. The second-order valence-electron chi connectivity index (χ2n) is 5.61. The van der Waals surface area contributed by atoms with Crippen molar-refractivity contribution in [1.29, 1.82) is 0 Å². The van der Waals surface area contributed by atoms with Gasteiger partial charge in [0.2, 0.25) is 5.08 Å². The molecule has 0 aliphatic rings. The molecule has 2 heterocycles. The Bertz CT molecular complexity index is 835. The molecule has 2 aromatic heterocycles. The van der Waals surface area contributed by atoms with Crippen molar-refractivity contribution in [2.24, 2.45) is 5.73 Å². The van der Waals surface area contributed by atoms with Gasteiger partial charge in [-0.3, -0.25) is 4.57 Å². The lowest BCUT2D eigenvalue weighted by molar-refractivity contribution is -0.678. The van der Waals surface area contributed by atoms with Crippen molar-refractivity contribution < 1.29 is 43.5 Å². The van der Waals surface area contributed by atoms with E-state index in [0.29, 0.717) is 5.65 Å². The summed E-state index contributed by atoms with van der Waals surface area (Å²) in [5.41, 5.74) is 5.81. The maximum atomic E-state index is 11.5. The fourth-order valence-electron chi connectivity index (χ4n) is 2.41. The molecule has 140 valence electrons. The van der Waals surface area contributed by atoms with Crippen LogP contribution in [0, 0.1) is 0 Å². The van der Waals surface area contributed by atoms with E-state index in [0.717, 1.165) is 0 Å². The molecule has 0 aromatic carbocycles. The first kappa shape index (κ1) is 20.2. The van der Waals surface area contributed by atoms with Crippen LogP contribution in [0.3, 0.4) is 0 Å². The highest BCUT2D eigenvalue weighted by atomic mass is 31.2. The van der Waals surface area contributed by atoms with Gasteiger partial charge in [-0.2, -0.15) is 4.40 Å². The first-order valence-electron chi connectivity index (χ1n) is 7.09. The first-order chi connectivity index (χ1) is 11.4. The van der Waals surface area contributed by atoms with E-state index >= 15 is 0 Å². The van der Waals surface area contributed by atoms with Crippen molar-refractivity contribution in [2.75, 3.05) is 6.54 Å². The Morgan fingerprint density at radius 3 is 2.48 bits per heavy atom. The van der Waals surface area contributed by atoms with Gasteiger partial charge in [-0.05, 0) is 6.07 Å². The Balaban J connectivity index is 2.58. The van der Waals surface area contributed by atoms with Crippen LogP contribution in [0.4, 0.5) is 0 Å². The number of aliphatic hydroxyl groups is 2. The van der Waals surface area contributed by atoms with Crippen molar-refractivity contribution in [3.8, 4) is 0 Å². The summed E-state index contributed by atoms with van der Waals surface area (Å²) in [4.78, 5) is 39.1. The van der Waals surface area contributed by atoms with Gasteiger partial charge in [-0.1, -0.05) is 6.07 Å². The summed E-state index contributed by atoms with van der Waals surface area (Å²) < 4.78 is 25.8. The zero-order chi connectivity index (χ0) is 19.0. The van der Waals surface area contributed by atoms with Gasteiger partial charge in [0, 0.05) is 12.6 Å². The van der Waals surface area contributed by atoms with Crippen LogP contribution in [0.15, 0.2) is 30.6 Å². The van der Waals surface area contributed by atoms with Gasteiger partial charge in [0.05, 0.1) is 12.6 Å². The maximum absolute atomic E-state index is 11.5. The number of aliphatic hydroxyl groups excluding tert-OH is 1. The third kappa shape index (κ3) is 3.85. The van der Waals surface area contributed by atoms with Crippen LogP contribution in [0.1, 0.15) is 5.69 Å². The average molecular weight is 395 g/mol.